The van der Waals surface area contributed by atoms with Crippen LogP contribution in [0.2, 0.25) is 0 Å². The Kier molecular flexibility index (Phi) is 4.07. The van der Waals surface area contributed by atoms with Crippen molar-refractivity contribution in [2.24, 2.45) is 5.73 Å². The van der Waals surface area contributed by atoms with Crippen molar-refractivity contribution in [3.8, 4) is 0 Å². The van der Waals surface area contributed by atoms with Gasteiger partial charge in [-0.3, -0.25) is 9.78 Å². The average molecular weight is 261 g/mol. The van der Waals surface area contributed by atoms with Crippen molar-refractivity contribution in [2.75, 3.05) is 11.9 Å². The molecule has 18 heavy (non-hydrogen) atoms. The van der Waals surface area contributed by atoms with Gasteiger partial charge in [0.2, 0.25) is 0 Å². The molecule has 4 nitrogen and oxygen atoms in total. The number of carbonyl (C=O) groups is 1. The number of amides is 1. The Labute approximate surface area is 110 Å². The zero-order valence-electron chi connectivity index (χ0n) is 10.1. The van der Waals surface area contributed by atoms with E-state index in [0.29, 0.717) is 18.5 Å². The van der Waals surface area contributed by atoms with Gasteiger partial charge in [0.1, 0.15) is 0 Å². The van der Waals surface area contributed by atoms with Gasteiger partial charge >= 0.3 is 0 Å². The van der Waals surface area contributed by atoms with Crippen LogP contribution in [0.5, 0.6) is 0 Å². The molecule has 0 aliphatic carbocycles. The summed E-state index contributed by atoms with van der Waals surface area (Å²) in [5.74, 6) is -0.110. The third-order valence-corrected chi connectivity index (χ3v) is 3.50. The quantitative estimate of drug-likeness (QED) is 0.886. The first-order valence-corrected chi connectivity index (χ1v) is 6.59. The van der Waals surface area contributed by atoms with Crippen molar-refractivity contribution >= 4 is 22.2 Å². The number of nitrogens with one attached hydrogen (secondary N) is 1. The van der Waals surface area contributed by atoms with Crippen molar-refractivity contribution in [3.63, 3.8) is 0 Å². The molecule has 0 spiro atoms. The largest absolute Gasteiger partial charge is 0.330 e. The fourth-order valence-electron chi connectivity index (χ4n) is 1.58. The van der Waals surface area contributed by atoms with Crippen LogP contribution in [-0.4, -0.2) is 17.4 Å². The van der Waals surface area contributed by atoms with Gasteiger partial charge in [-0.25, -0.2) is 0 Å². The van der Waals surface area contributed by atoms with Gasteiger partial charge in [-0.1, -0.05) is 0 Å². The van der Waals surface area contributed by atoms with Crippen LogP contribution in [0, 0.1) is 6.92 Å². The highest BCUT2D eigenvalue weighted by atomic mass is 32.1. The molecule has 2 aromatic heterocycles. The van der Waals surface area contributed by atoms with E-state index in [-0.39, 0.29) is 5.91 Å². The lowest BCUT2D eigenvalue weighted by Gasteiger charge is -2.05. The van der Waals surface area contributed by atoms with Crippen LogP contribution in [0.3, 0.4) is 0 Å². The molecule has 0 aliphatic heterocycles. The first-order chi connectivity index (χ1) is 8.70. The fourth-order valence-corrected chi connectivity index (χ4v) is 2.39. The Morgan fingerprint density at radius 2 is 2.33 bits per heavy atom. The third-order valence-electron chi connectivity index (χ3n) is 2.57. The fraction of sp³-hybridized carbons (Fsp3) is 0.231. The van der Waals surface area contributed by atoms with Crippen LogP contribution in [0.15, 0.2) is 29.8 Å². The topological polar surface area (TPSA) is 68.0 Å². The Hall–Kier alpha value is -1.72. The number of rotatable bonds is 4. The number of hydrogen-bond acceptors (Lipinski definition) is 4. The first-order valence-electron chi connectivity index (χ1n) is 5.71. The van der Waals surface area contributed by atoms with Crippen LogP contribution >= 0.6 is 11.3 Å². The predicted octanol–water partition coefficient (Wildman–Crippen LogP) is 2.21. The number of thiophene rings is 1. The van der Waals surface area contributed by atoms with Gasteiger partial charge in [-0.15, -0.1) is 11.3 Å². The van der Waals surface area contributed by atoms with Crippen LogP contribution in [-0.2, 0) is 6.42 Å². The lowest BCUT2D eigenvalue weighted by molar-refractivity contribution is 0.102. The Morgan fingerprint density at radius 3 is 3.00 bits per heavy atom. The molecule has 0 saturated carbocycles. The second-order valence-electron chi connectivity index (χ2n) is 3.96. The van der Waals surface area contributed by atoms with Crippen molar-refractivity contribution in [1.29, 1.82) is 0 Å². The number of carbonyl (C=O) groups excluding carboxylic acids is 1. The molecule has 3 N–H and O–H groups in total. The summed E-state index contributed by atoms with van der Waals surface area (Å²) in [6, 6.07) is 5.47. The monoisotopic (exact) mass is 261 g/mol. The minimum Gasteiger partial charge on any atom is -0.330 e. The molecule has 2 rings (SSSR count). The summed E-state index contributed by atoms with van der Waals surface area (Å²) in [5, 5.41) is 5.74. The molecular formula is C13H15N3OS. The highest BCUT2D eigenvalue weighted by Gasteiger charge is 2.09. The van der Waals surface area contributed by atoms with Crippen molar-refractivity contribution in [2.45, 2.75) is 13.3 Å². The van der Waals surface area contributed by atoms with E-state index >= 15 is 0 Å². The second kappa shape index (κ2) is 5.75. The molecule has 5 heteroatoms. The molecule has 94 valence electrons. The second-order valence-corrected chi connectivity index (χ2v) is 4.88. The normalized spacial score (nSPS) is 10.3. The summed E-state index contributed by atoms with van der Waals surface area (Å²) >= 11 is 1.52. The standard InChI is InChI=1S/C13H15N3OS/c1-9-4-7-18-13(9)16-12(17)10-3-6-15-11(8-10)2-5-14/h3-4,6-8H,2,5,14H2,1H3,(H,16,17). The number of anilines is 1. The van der Waals surface area contributed by atoms with Gasteiger partial charge in [-0.2, -0.15) is 0 Å². The SMILES string of the molecule is Cc1ccsc1NC(=O)c1ccnc(CCN)c1. The molecule has 0 radical (unpaired) electrons. The van der Waals surface area contributed by atoms with Crippen LogP contribution in [0.1, 0.15) is 21.6 Å². The summed E-state index contributed by atoms with van der Waals surface area (Å²) in [6.45, 7) is 2.50. The number of pyridine rings is 1. The summed E-state index contributed by atoms with van der Waals surface area (Å²) in [5.41, 5.74) is 8.00. The number of hydrogen-bond donors (Lipinski definition) is 2. The first kappa shape index (κ1) is 12.7. The predicted molar refractivity (Wildman–Crippen MR) is 74.0 cm³/mol. The van der Waals surface area contributed by atoms with E-state index in [1.165, 1.54) is 11.3 Å². The molecule has 0 fully saturated rings. The average Bonchev–Trinajstić information content (AvgIpc) is 2.76. The molecule has 0 aliphatic rings. The molecule has 0 saturated heterocycles. The molecule has 0 unspecified atom stereocenters. The molecule has 2 aromatic rings. The molecule has 1 amide bonds. The third kappa shape index (κ3) is 2.94. The Morgan fingerprint density at radius 1 is 1.50 bits per heavy atom. The van der Waals surface area contributed by atoms with E-state index in [4.69, 9.17) is 5.73 Å². The molecular weight excluding hydrogens is 246 g/mol. The van der Waals surface area contributed by atoms with Gasteiger partial charge in [0.25, 0.3) is 5.91 Å². The van der Waals surface area contributed by atoms with Crippen molar-refractivity contribution < 1.29 is 4.79 Å². The van der Waals surface area contributed by atoms with Gasteiger partial charge in [-0.05, 0) is 42.6 Å². The minimum atomic E-state index is -0.110. The van der Waals surface area contributed by atoms with Crippen molar-refractivity contribution in [1.82, 2.24) is 4.98 Å². The maximum atomic E-state index is 12.1. The summed E-state index contributed by atoms with van der Waals surface area (Å²) in [7, 11) is 0. The Balaban J connectivity index is 2.14. The van der Waals surface area contributed by atoms with Gasteiger partial charge in [0.05, 0.1) is 5.00 Å². The molecule has 0 aromatic carbocycles. The number of nitrogens with two attached hydrogens (primary N) is 1. The molecule has 2 heterocycles. The van der Waals surface area contributed by atoms with Gasteiger partial charge in [0, 0.05) is 23.9 Å². The van der Waals surface area contributed by atoms with E-state index in [1.807, 2.05) is 18.4 Å². The highest BCUT2D eigenvalue weighted by molar-refractivity contribution is 7.14. The smallest absolute Gasteiger partial charge is 0.256 e. The minimum absolute atomic E-state index is 0.110. The van der Waals surface area contributed by atoms with E-state index in [9.17, 15) is 4.79 Å². The molecule has 0 bridgehead atoms. The van der Waals surface area contributed by atoms with Crippen LogP contribution < -0.4 is 11.1 Å². The maximum Gasteiger partial charge on any atom is 0.256 e. The zero-order valence-corrected chi connectivity index (χ0v) is 11.0. The lowest BCUT2D eigenvalue weighted by Crippen LogP contribution is -2.13. The van der Waals surface area contributed by atoms with Gasteiger partial charge in [0.15, 0.2) is 0 Å². The highest BCUT2D eigenvalue weighted by Crippen LogP contribution is 2.22. The van der Waals surface area contributed by atoms with Crippen molar-refractivity contribution in [3.05, 3.63) is 46.6 Å². The summed E-state index contributed by atoms with van der Waals surface area (Å²) in [4.78, 5) is 16.2. The van der Waals surface area contributed by atoms with E-state index in [0.717, 1.165) is 16.3 Å². The molecule has 0 atom stereocenters. The maximum absolute atomic E-state index is 12.1. The Bertz CT molecular complexity index is 551. The van der Waals surface area contributed by atoms with E-state index < -0.39 is 0 Å². The summed E-state index contributed by atoms with van der Waals surface area (Å²) < 4.78 is 0. The summed E-state index contributed by atoms with van der Waals surface area (Å²) in [6.07, 6.45) is 2.32. The van der Waals surface area contributed by atoms with Gasteiger partial charge < -0.3 is 11.1 Å². The number of aromatic nitrogens is 1. The number of nitrogens with zero attached hydrogens (tertiary/aromatic N) is 1. The van der Waals surface area contributed by atoms with E-state index in [1.54, 1.807) is 18.3 Å². The number of aryl methyl sites for hydroxylation is 1. The van der Waals surface area contributed by atoms with Crippen LogP contribution in [0.4, 0.5) is 5.00 Å². The lowest BCUT2D eigenvalue weighted by atomic mass is 10.2. The van der Waals surface area contributed by atoms with E-state index in [2.05, 4.69) is 10.3 Å². The zero-order chi connectivity index (χ0) is 13.0. The van der Waals surface area contributed by atoms with Crippen LogP contribution in [0.25, 0.3) is 0 Å².